The van der Waals surface area contributed by atoms with Crippen LogP contribution < -0.4 is 0 Å². The van der Waals surface area contributed by atoms with Crippen LogP contribution in [0.2, 0.25) is 0 Å². The van der Waals surface area contributed by atoms with E-state index in [0.717, 1.165) is 38.5 Å². The minimum Gasteiger partial charge on any atom is -0.465 e. The van der Waals surface area contributed by atoms with Gasteiger partial charge < -0.3 is 10.2 Å². The summed E-state index contributed by atoms with van der Waals surface area (Å²) in [4.78, 5) is 14.9. The molecule has 0 radical (unpaired) electrons. The fraction of sp³-hybridized carbons (Fsp3) is 0.912. The third-order valence-corrected chi connectivity index (χ3v) is 14.3. The minimum atomic E-state index is -0.746. The second-order valence-electron chi connectivity index (χ2n) is 17.0. The highest BCUT2D eigenvalue weighted by atomic mass is 16.4. The highest BCUT2D eigenvalue weighted by molar-refractivity contribution is 5.67. The maximum absolute atomic E-state index is 13.0. The van der Waals surface area contributed by atoms with Gasteiger partial charge in [-0.2, -0.15) is 0 Å². The van der Waals surface area contributed by atoms with Gasteiger partial charge in [-0.1, -0.05) is 46.8 Å². The first kappa shape index (κ1) is 28.5. The number of hydrogen-bond donors (Lipinski definition) is 2. The van der Waals surface area contributed by atoms with E-state index in [9.17, 15) is 15.0 Å². The second-order valence-corrected chi connectivity index (χ2v) is 17.0. The number of aliphatic hydroxyl groups is 1. The van der Waals surface area contributed by atoms with Gasteiger partial charge in [0.25, 0.3) is 0 Å². The SMILES string of the molecule is C=C(C)[C@@H]1CC[C@]2(N(C(=O)O)C(C)(C)C)CC[C@]3(C)[C@H](CC[C@@H]4[C@@]5(C)CC[C@H](O)C(C)(C)[C@@H]5CC[C@]43C)[C@@H]12. The van der Waals surface area contributed by atoms with Gasteiger partial charge >= 0.3 is 6.09 Å². The fourth-order valence-electron chi connectivity index (χ4n) is 12.6. The summed E-state index contributed by atoms with van der Waals surface area (Å²) in [5.41, 5.74) is 1.20. The van der Waals surface area contributed by atoms with Crippen molar-refractivity contribution < 1.29 is 15.0 Å². The van der Waals surface area contributed by atoms with Crippen LogP contribution in [0.5, 0.6) is 0 Å². The Balaban J connectivity index is 1.59. The van der Waals surface area contributed by atoms with Crippen LogP contribution in [0.15, 0.2) is 12.2 Å². The number of fused-ring (bicyclic) bond motifs is 7. The van der Waals surface area contributed by atoms with Crippen LogP contribution in [0.3, 0.4) is 0 Å². The molecule has 0 spiro atoms. The molecule has 0 aromatic rings. The molecule has 0 aromatic heterocycles. The Morgan fingerprint density at radius 3 is 2.08 bits per heavy atom. The van der Waals surface area contributed by atoms with E-state index in [4.69, 9.17) is 0 Å². The van der Waals surface area contributed by atoms with Crippen molar-refractivity contribution in [3.63, 3.8) is 0 Å². The van der Waals surface area contributed by atoms with Crippen molar-refractivity contribution in [3.8, 4) is 0 Å². The molecule has 5 aliphatic rings. The molecule has 0 aromatic carbocycles. The number of hydrogen-bond acceptors (Lipinski definition) is 2. The van der Waals surface area contributed by atoms with Crippen LogP contribution in [0, 0.1) is 51.2 Å². The number of aliphatic hydroxyl groups excluding tert-OH is 1. The average molecular weight is 528 g/mol. The molecule has 5 rings (SSSR count). The normalized spacial score (nSPS) is 49.7. The average Bonchev–Trinajstić information content (AvgIpc) is 3.16. The predicted octanol–water partition coefficient (Wildman–Crippen LogP) is 8.54. The number of rotatable bonds is 2. The van der Waals surface area contributed by atoms with Crippen molar-refractivity contribution in [3.05, 3.63) is 12.2 Å². The highest BCUT2D eigenvalue weighted by Gasteiger charge is 2.72. The van der Waals surface area contributed by atoms with Gasteiger partial charge in [0, 0.05) is 5.54 Å². The Hall–Kier alpha value is -1.03. The van der Waals surface area contributed by atoms with Crippen LogP contribution in [0.4, 0.5) is 4.79 Å². The predicted molar refractivity (Wildman–Crippen MR) is 155 cm³/mol. The summed E-state index contributed by atoms with van der Waals surface area (Å²) in [5, 5.41) is 21.6. The van der Waals surface area contributed by atoms with E-state index in [-0.39, 0.29) is 33.3 Å². The quantitative estimate of drug-likeness (QED) is 0.354. The van der Waals surface area contributed by atoms with E-state index >= 15 is 0 Å². The first-order valence-corrected chi connectivity index (χ1v) is 15.7. The number of nitrogens with zero attached hydrogens (tertiary/aromatic N) is 1. The summed E-state index contributed by atoms with van der Waals surface area (Å²) in [6.07, 6.45) is 10.2. The molecular formula is C34H57NO3. The number of allylic oxidation sites excluding steroid dienone is 1. The van der Waals surface area contributed by atoms with Gasteiger partial charge in [-0.25, -0.2) is 4.79 Å². The molecule has 38 heavy (non-hydrogen) atoms. The Morgan fingerprint density at radius 2 is 1.50 bits per heavy atom. The van der Waals surface area contributed by atoms with Crippen molar-refractivity contribution in [2.24, 2.45) is 51.2 Å². The van der Waals surface area contributed by atoms with E-state index < -0.39 is 11.6 Å². The van der Waals surface area contributed by atoms with Crippen LogP contribution >= 0.6 is 0 Å². The molecule has 5 saturated carbocycles. The van der Waals surface area contributed by atoms with Gasteiger partial charge in [-0.3, -0.25) is 4.90 Å². The molecule has 1 amide bonds. The Labute approximate surface area is 233 Å². The summed E-state index contributed by atoms with van der Waals surface area (Å²) in [6.45, 7) is 25.5. The first-order valence-electron chi connectivity index (χ1n) is 15.7. The third kappa shape index (κ3) is 3.46. The van der Waals surface area contributed by atoms with E-state index in [0.29, 0.717) is 29.6 Å². The standard InChI is InChI=1S/C34H57NO3/c1-21(2)22-13-18-34(35(28(37)38)29(3,4)5)20-19-32(9)23(27(22)34)11-12-25-31(8)16-15-26(36)30(6,7)24(31)14-17-33(25,32)10/h22-27,36H,1,11-20H2,2-10H3,(H,37,38)/t22-,23+,24-,25+,26-,27+,31-,32+,33+,34-/m0/s1. The van der Waals surface area contributed by atoms with E-state index in [1.54, 1.807) is 0 Å². The molecule has 0 bridgehead atoms. The van der Waals surface area contributed by atoms with Crippen molar-refractivity contribution in [1.29, 1.82) is 0 Å². The number of amides is 1. The summed E-state index contributed by atoms with van der Waals surface area (Å²) in [5.74, 6) is 2.50. The van der Waals surface area contributed by atoms with Crippen molar-refractivity contribution in [1.82, 2.24) is 4.90 Å². The monoisotopic (exact) mass is 527 g/mol. The molecule has 216 valence electrons. The lowest BCUT2D eigenvalue weighted by molar-refractivity contribution is -0.249. The topological polar surface area (TPSA) is 60.8 Å². The zero-order chi connectivity index (χ0) is 28.3. The molecule has 5 aliphatic carbocycles. The summed E-state index contributed by atoms with van der Waals surface area (Å²) < 4.78 is 0. The number of carboxylic acid groups (broad SMARTS) is 1. The zero-order valence-electron chi connectivity index (χ0n) is 26.0. The van der Waals surface area contributed by atoms with Gasteiger partial charge in [0.2, 0.25) is 0 Å². The Kier molecular flexibility index (Phi) is 6.37. The highest BCUT2D eigenvalue weighted by Crippen LogP contribution is 2.77. The smallest absolute Gasteiger partial charge is 0.408 e. The Bertz CT molecular complexity index is 996. The molecule has 4 nitrogen and oxygen atoms in total. The third-order valence-electron chi connectivity index (χ3n) is 14.3. The van der Waals surface area contributed by atoms with Crippen molar-refractivity contribution in [2.45, 2.75) is 144 Å². The lowest BCUT2D eigenvalue weighted by atomic mass is 9.32. The molecule has 4 heteroatoms. The van der Waals surface area contributed by atoms with Gasteiger partial charge in [0.1, 0.15) is 0 Å². The lowest BCUT2D eigenvalue weighted by Gasteiger charge is -2.73. The molecule has 0 unspecified atom stereocenters. The molecule has 5 fully saturated rings. The van der Waals surface area contributed by atoms with Crippen LogP contribution in [-0.4, -0.2) is 38.4 Å². The summed E-state index contributed by atoms with van der Waals surface area (Å²) in [6, 6.07) is 0. The maximum atomic E-state index is 13.0. The lowest BCUT2D eigenvalue weighted by Crippen LogP contribution is -2.71. The molecular weight excluding hydrogens is 470 g/mol. The zero-order valence-corrected chi connectivity index (χ0v) is 26.0. The fourth-order valence-corrected chi connectivity index (χ4v) is 12.6. The molecule has 2 N–H and O–H groups in total. The van der Waals surface area contributed by atoms with E-state index in [2.05, 4.69) is 68.9 Å². The van der Waals surface area contributed by atoms with Crippen LogP contribution in [0.1, 0.15) is 127 Å². The second kappa shape index (κ2) is 8.49. The molecule has 0 saturated heterocycles. The maximum Gasteiger partial charge on any atom is 0.408 e. The first-order chi connectivity index (χ1) is 17.4. The largest absolute Gasteiger partial charge is 0.465 e. The van der Waals surface area contributed by atoms with Gasteiger partial charge in [-0.05, 0) is 143 Å². The van der Waals surface area contributed by atoms with E-state index in [1.165, 1.54) is 31.3 Å². The van der Waals surface area contributed by atoms with Crippen LogP contribution in [-0.2, 0) is 0 Å². The molecule has 0 heterocycles. The molecule has 0 aliphatic heterocycles. The summed E-state index contributed by atoms with van der Waals surface area (Å²) >= 11 is 0. The van der Waals surface area contributed by atoms with Gasteiger partial charge in [-0.15, -0.1) is 0 Å². The van der Waals surface area contributed by atoms with Gasteiger partial charge in [0.15, 0.2) is 0 Å². The van der Waals surface area contributed by atoms with Crippen LogP contribution in [0.25, 0.3) is 0 Å². The number of carbonyl (C=O) groups is 1. The van der Waals surface area contributed by atoms with E-state index in [1.807, 2.05) is 4.90 Å². The Morgan fingerprint density at radius 1 is 0.842 bits per heavy atom. The molecule has 10 atom stereocenters. The van der Waals surface area contributed by atoms with Gasteiger partial charge in [0.05, 0.1) is 11.6 Å². The van der Waals surface area contributed by atoms with Crippen molar-refractivity contribution >= 4 is 6.09 Å². The minimum absolute atomic E-state index is 0.0288. The van der Waals surface area contributed by atoms with Crippen molar-refractivity contribution in [2.75, 3.05) is 0 Å². The summed E-state index contributed by atoms with van der Waals surface area (Å²) in [7, 11) is 0.